The number of thioether (sulfide) groups is 1. The van der Waals surface area contributed by atoms with Crippen molar-refractivity contribution in [2.45, 2.75) is 17.1 Å². The number of alkyl halides is 3. The summed E-state index contributed by atoms with van der Waals surface area (Å²) in [6.45, 7) is 0.114. The minimum atomic E-state index is -4.55. The Bertz CT molecular complexity index is 981. The molecule has 0 radical (unpaired) electrons. The molecule has 0 bridgehead atoms. The van der Waals surface area contributed by atoms with Crippen LogP contribution in [0, 0.1) is 0 Å². The number of benzene rings is 1. The first-order chi connectivity index (χ1) is 12.9. The van der Waals surface area contributed by atoms with Crippen molar-refractivity contribution in [3.05, 3.63) is 52.0 Å². The fourth-order valence-electron chi connectivity index (χ4n) is 2.40. The van der Waals surface area contributed by atoms with Gasteiger partial charge >= 0.3 is 6.18 Å². The van der Waals surface area contributed by atoms with Crippen molar-refractivity contribution in [3.8, 4) is 22.1 Å². The fourth-order valence-corrected chi connectivity index (χ4v) is 4.23. The van der Waals surface area contributed by atoms with Gasteiger partial charge < -0.3 is 9.47 Å². The molecule has 140 valence electrons. The highest BCUT2D eigenvalue weighted by Crippen LogP contribution is 2.39. The van der Waals surface area contributed by atoms with Crippen molar-refractivity contribution in [2.24, 2.45) is 0 Å². The van der Waals surface area contributed by atoms with E-state index in [9.17, 15) is 13.2 Å². The van der Waals surface area contributed by atoms with E-state index in [-0.39, 0.29) is 17.6 Å². The number of rotatable bonds is 4. The van der Waals surface area contributed by atoms with Crippen LogP contribution in [0.1, 0.15) is 11.3 Å². The molecule has 1 aliphatic rings. The zero-order chi connectivity index (χ0) is 19.0. The Morgan fingerprint density at radius 3 is 2.63 bits per heavy atom. The van der Waals surface area contributed by atoms with Crippen molar-refractivity contribution in [3.63, 3.8) is 0 Å². The Hall–Kier alpha value is -1.97. The number of aromatic nitrogens is 2. The third-order valence-electron chi connectivity index (χ3n) is 3.67. The molecule has 0 aliphatic carbocycles. The van der Waals surface area contributed by atoms with Crippen molar-refractivity contribution < 1.29 is 22.6 Å². The first-order valence-electron chi connectivity index (χ1n) is 7.61. The van der Waals surface area contributed by atoms with E-state index in [0.29, 0.717) is 32.7 Å². The minimum absolute atomic E-state index is 0.0296. The van der Waals surface area contributed by atoms with Gasteiger partial charge in [0.25, 0.3) is 0 Å². The maximum absolute atomic E-state index is 13.2. The molecular formula is C17H10ClF3N2O2S2. The number of hydrogen-bond donors (Lipinski definition) is 0. The number of nitrogens with zero attached hydrogens (tertiary/aromatic N) is 2. The van der Waals surface area contributed by atoms with Gasteiger partial charge in [0.05, 0.1) is 10.6 Å². The molecule has 4 nitrogen and oxygen atoms in total. The van der Waals surface area contributed by atoms with Crippen molar-refractivity contribution in [1.82, 2.24) is 9.97 Å². The summed E-state index contributed by atoms with van der Waals surface area (Å²) in [5, 5.41) is 2.25. The van der Waals surface area contributed by atoms with Gasteiger partial charge in [-0.25, -0.2) is 9.97 Å². The lowest BCUT2D eigenvalue weighted by molar-refractivity contribution is -0.141. The molecule has 1 aromatic carbocycles. The molecular weight excluding hydrogens is 421 g/mol. The van der Waals surface area contributed by atoms with Gasteiger partial charge in [0.1, 0.15) is 5.69 Å². The molecule has 4 rings (SSSR count). The molecule has 3 heterocycles. The number of thiophene rings is 1. The number of hydrogen-bond acceptors (Lipinski definition) is 6. The Labute approximate surface area is 165 Å². The lowest BCUT2D eigenvalue weighted by Crippen LogP contribution is -2.10. The summed E-state index contributed by atoms with van der Waals surface area (Å²) < 4.78 is 50.2. The molecule has 0 atom stereocenters. The summed E-state index contributed by atoms with van der Waals surface area (Å²) in [7, 11) is 0. The van der Waals surface area contributed by atoms with Crippen molar-refractivity contribution >= 4 is 34.7 Å². The van der Waals surface area contributed by atoms with Crippen LogP contribution in [0.4, 0.5) is 13.2 Å². The molecule has 10 heteroatoms. The monoisotopic (exact) mass is 430 g/mol. The van der Waals surface area contributed by atoms with Gasteiger partial charge in [0.15, 0.2) is 16.7 Å². The summed E-state index contributed by atoms with van der Waals surface area (Å²) >= 11 is 8.61. The third kappa shape index (κ3) is 3.99. The Kier molecular flexibility index (Phi) is 4.92. The molecule has 0 unspecified atom stereocenters. The van der Waals surface area contributed by atoms with Crippen LogP contribution < -0.4 is 9.47 Å². The second kappa shape index (κ2) is 7.21. The molecule has 0 saturated carbocycles. The maximum atomic E-state index is 13.2. The highest BCUT2D eigenvalue weighted by molar-refractivity contribution is 7.98. The highest BCUT2D eigenvalue weighted by atomic mass is 35.5. The van der Waals surface area contributed by atoms with E-state index < -0.39 is 11.9 Å². The Morgan fingerprint density at radius 2 is 1.93 bits per heavy atom. The number of halogens is 4. The normalized spacial score (nSPS) is 13.2. The SMILES string of the molecule is FC(F)(F)c1cc(-c2cccs2)nc(SCc2cc3c(cc2Cl)OCO3)n1. The largest absolute Gasteiger partial charge is 0.454 e. The van der Waals surface area contributed by atoms with Gasteiger partial charge in [-0.2, -0.15) is 13.2 Å². The third-order valence-corrected chi connectivity index (χ3v) is 5.81. The van der Waals surface area contributed by atoms with E-state index in [0.717, 1.165) is 17.8 Å². The number of ether oxygens (including phenoxy) is 2. The second-order valence-electron chi connectivity index (χ2n) is 5.48. The van der Waals surface area contributed by atoms with E-state index in [1.807, 2.05) is 0 Å². The van der Waals surface area contributed by atoms with Gasteiger partial charge in [-0.05, 0) is 29.1 Å². The molecule has 1 aliphatic heterocycles. The molecule has 3 aromatic rings. The van der Waals surface area contributed by atoms with Crippen LogP contribution in [0.5, 0.6) is 11.5 Å². The van der Waals surface area contributed by atoms with Crippen LogP contribution in [0.15, 0.2) is 40.9 Å². The number of fused-ring (bicyclic) bond motifs is 1. The Balaban J connectivity index is 1.63. The predicted molar refractivity (Wildman–Crippen MR) is 97.5 cm³/mol. The van der Waals surface area contributed by atoms with Gasteiger partial charge in [-0.1, -0.05) is 29.4 Å². The standard InChI is InChI=1S/C17H10ClF3N2O2S2/c18-10-5-13-12(24-8-25-13)4-9(10)7-27-16-22-11(14-2-1-3-26-14)6-15(23-16)17(19,20)21/h1-6H,7-8H2. The summed E-state index contributed by atoms with van der Waals surface area (Å²) in [5.74, 6) is 1.39. The predicted octanol–water partition coefficient (Wildman–Crippen LogP) is 5.90. The van der Waals surface area contributed by atoms with E-state index in [1.165, 1.54) is 11.3 Å². The van der Waals surface area contributed by atoms with Gasteiger partial charge in [0.2, 0.25) is 6.79 Å². The van der Waals surface area contributed by atoms with E-state index in [2.05, 4.69) is 9.97 Å². The average Bonchev–Trinajstić information content (AvgIpc) is 3.30. The zero-order valence-corrected chi connectivity index (χ0v) is 15.8. The van der Waals surface area contributed by atoms with Crippen LogP contribution in [0.2, 0.25) is 5.02 Å². The lowest BCUT2D eigenvalue weighted by atomic mass is 10.2. The van der Waals surface area contributed by atoms with Crippen LogP contribution in [0.3, 0.4) is 0 Å². The van der Waals surface area contributed by atoms with Crippen LogP contribution in [-0.4, -0.2) is 16.8 Å². The van der Waals surface area contributed by atoms with Crippen molar-refractivity contribution in [2.75, 3.05) is 6.79 Å². The lowest BCUT2D eigenvalue weighted by Gasteiger charge is -2.10. The first kappa shape index (κ1) is 18.4. The smallest absolute Gasteiger partial charge is 0.433 e. The van der Waals surface area contributed by atoms with Crippen LogP contribution in [0.25, 0.3) is 10.6 Å². The van der Waals surface area contributed by atoms with E-state index in [1.54, 1.807) is 29.6 Å². The van der Waals surface area contributed by atoms with E-state index in [4.69, 9.17) is 21.1 Å². The topological polar surface area (TPSA) is 44.2 Å². The second-order valence-corrected chi connectivity index (χ2v) is 7.78. The molecule has 0 N–H and O–H groups in total. The summed E-state index contributed by atoms with van der Waals surface area (Å²) in [4.78, 5) is 8.58. The van der Waals surface area contributed by atoms with Crippen LogP contribution >= 0.6 is 34.7 Å². The van der Waals surface area contributed by atoms with Gasteiger partial charge in [0, 0.05) is 16.8 Å². The summed E-state index contributed by atoms with van der Waals surface area (Å²) in [6.07, 6.45) is -4.55. The first-order valence-corrected chi connectivity index (χ1v) is 9.85. The molecule has 0 amide bonds. The molecule has 27 heavy (non-hydrogen) atoms. The molecule has 0 fully saturated rings. The molecule has 0 spiro atoms. The fraction of sp³-hybridized carbons (Fsp3) is 0.176. The van der Waals surface area contributed by atoms with Crippen LogP contribution in [-0.2, 0) is 11.9 Å². The zero-order valence-electron chi connectivity index (χ0n) is 13.4. The highest BCUT2D eigenvalue weighted by Gasteiger charge is 2.34. The quantitative estimate of drug-likeness (QED) is 0.381. The maximum Gasteiger partial charge on any atom is 0.433 e. The summed E-state index contributed by atoms with van der Waals surface area (Å²) in [5.41, 5.74) is -0.0311. The Morgan fingerprint density at radius 1 is 1.15 bits per heavy atom. The minimum Gasteiger partial charge on any atom is -0.454 e. The molecule has 2 aromatic heterocycles. The molecule has 0 saturated heterocycles. The average molecular weight is 431 g/mol. The van der Waals surface area contributed by atoms with Crippen molar-refractivity contribution in [1.29, 1.82) is 0 Å². The summed E-state index contributed by atoms with van der Waals surface area (Å²) in [6, 6.07) is 7.78. The van der Waals surface area contributed by atoms with Gasteiger partial charge in [-0.3, -0.25) is 0 Å². The van der Waals surface area contributed by atoms with Gasteiger partial charge in [-0.15, -0.1) is 11.3 Å². The van der Waals surface area contributed by atoms with E-state index >= 15 is 0 Å².